The van der Waals surface area contributed by atoms with Gasteiger partial charge in [0, 0.05) is 17.2 Å². The van der Waals surface area contributed by atoms with Crippen LogP contribution in [0.4, 0.5) is 5.69 Å². The number of piperidine rings is 1. The highest BCUT2D eigenvalue weighted by molar-refractivity contribution is 7.18. The monoisotopic (exact) mass is 427 g/mol. The first-order valence-corrected chi connectivity index (χ1v) is 11.6. The van der Waals surface area contributed by atoms with Crippen molar-refractivity contribution in [2.24, 2.45) is 0 Å². The molecule has 1 N–H and O–H groups in total. The Kier molecular flexibility index (Phi) is 5.78. The average molecular weight is 428 g/mol. The van der Waals surface area contributed by atoms with Gasteiger partial charge in [0.2, 0.25) is 5.91 Å². The number of fused-ring (bicyclic) bond motifs is 1. The van der Waals surface area contributed by atoms with Crippen molar-refractivity contribution in [2.45, 2.75) is 18.8 Å². The molecule has 1 aliphatic rings. The maximum absolute atomic E-state index is 12.8. The van der Waals surface area contributed by atoms with Gasteiger partial charge in [-0.2, -0.15) is 0 Å². The van der Waals surface area contributed by atoms with Gasteiger partial charge in [0.05, 0.1) is 21.8 Å². The van der Waals surface area contributed by atoms with Crippen molar-refractivity contribution < 1.29 is 4.79 Å². The Morgan fingerprint density at radius 1 is 0.935 bits per heavy atom. The second-order valence-corrected chi connectivity index (χ2v) is 9.09. The molecular weight excluding hydrogens is 402 g/mol. The Bertz CT molecular complexity index is 1150. The van der Waals surface area contributed by atoms with E-state index in [4.69, 9.17) is 4.98 Å². The highest BCUT2D eigenvalue weighted by Crippen LogP contribution is 2.34. The van der Waals surface area contributed by atoms with Gasteiger partial charge < -0.3 is 5.32 Å². The van der Waals surface area contributed by atoms with Crippen LogP contribution in [0.5, 0.6) is 0 Å². The van der Waals surface area contributed by atoms with Crippen LogP contribution in [0.15, 0.2) is 78.9 Å². The first-order chi connectivity index (χ1) is 15.3. The van der Waals surface area contributed by atoms with Gasteiger partial charge >= 0.3 is 0 Å². The van der Waals surface area contributed by atoms with Crippen LogP contribution in [-0.4, -0.2) is 35.4 Å². The van der Waals surface area contributed by atoms with E-state index in [1.165, 1.54) is 9.71 Å². The molecular formula is C26H25N3OS. The lowest BCUT2D eigenvalue weighted by molar-refractivity contribution is -0.117. The summed E-state index contributed by atoms with van der Waals surface area (Å²) >= 11 is 1.81. The predicted molar refractivity (Wildman–Crippen MR) is 129 cm³/mol. The minimum absolute atomic E-state index is 0.0434. The van der Waals surface area contributed by atoms with Gasteiger partial charge in [-0.05, 0) is 49.7 Å². The molecule has 1 aromatic heterocycles. The van der Waals surface area contributed by atoms with Crippen LogP contribution < -0.4 is 5.32 Å². The van der Waals surface area contributed by atoms with E-state index in [9.17, 15) is 4.79 Å². The number of nitrogens with one attached hydrogen (secondary N) is 1. The maximum atomic E-state index is 12.8. The molecule has 0 spiro atoms. The van der Waals surface area contributed by atoms with Gasteiger partial charge in [-0.3, -0.25) is 9.69 Å². The molecule has 0 saturated carbocycles. The van der Waals surface area contributed by atoms with Crippen molar-refractivity contribution in [1.29, 1.82) is 0 Å². The van der Waals surface area contributed by atoms with E-state index < -0.39 is 0 Å². The molecule has 4 aromatic rings. The molecule has 3 aromatic carbocycles. The fourth-order valence-corrected chi connectivity index (χ4v) is 5.39. The van der Waals surface area contributed by atoms with Gasteiger partial charge in [0.15, 0.2) is 0 Å². The Morgan fingerprint density at radius 3 is 2.45 bits per heavy atom. The fraction of sp³-hybridized carbons (Fsp3) is 0.231. The van der Waals surface area contributed by atoms with E-state index >= 15 is 0 Å². The minimum atomic E-state index is 0.0434. The Labute approximate surface area is 186 Å². The number of aromatic nitrogens is 1. The van der Waals surface area contributed by atoms with Crippen LogP contribution in [0.3, 0.4) is 0 Å². The van der Waals surface area contributed by atoms with E-state index in [-0.39, 0.29) is 5.91 Å². The lowest BCUT2D eigenvalue weighted by atomic mass is 9.97. The summed E-state index contributed by atoms with van der Waals surface area (Å²) in [4.78, 5) is 19.9. The maximum Gasteiger partial charge on any atom is 0.238 e. The average Bonchev–Trinajstić information content (AvgIpc) is 3.25. The molecule has 0 bridgehead atoms. The molecule has 1 saturated heterocycles. The van der Waals surface area contributed by atoms with Crippen molar-refractivity contribution in [3.8, 4) is 11.1 Å². The van der Waals surface area contributed by atoms with Crippen molar-refractivity contribution in [1.82, 2.24) is 9.88 Å². The molecule has 5 heteroatoms. The summed E-state index contributed by atoms with van der Waals surface area (Å²) in [6, 6.07) is 26.5. The molecule has 5 rings (SSSR count). The summed E-state index contributed by atoms with van der Waals surface area (Å²) in [6.45, 7) is 2.28. The van der Waals surface area contributed by atoms with Gasteiger partial charge in [-0.15, -0.1) is 11.3 Å². The topological polar surface area (TPSA) is 45.2 Å². The van der Waals surface area contributed by atoms with Crippen molar-refractivity contribution in [3.05, 3.63) is 83.9 Å². The molecule has 1 fully saturated rings. The summed E-state index contributed by atoms with van der Waals surface area (Å²) in [6.07, 6.45) is 2.10. The Hall–Kier alpha value is -3.02. The zero-order chi connectivity index (χ0) is 21.0. The second-order valence-electron chi connectivity index (χ2n) is 8.03. The van der Waals surface area contributed by atoms with Gasteiger partial charge in [-0.25, -0.2) is 4.98 Å². The van der Waals surface area contributed by atoms with Crippen molar-refractivity contribution in [2.75, 3.05) is 25.0 Å². The molecule has 31 heavy (non-hydrogen) atoms. The summed E-state index contributed by atoms with van der Waals surface area (Å²) in [5.74, 6) is 0.539. The number of likely N-dealkylation sites (tertiary alicyclic amines) is 1. The lowest BCUT2D eigenvalue weighted by Crippen LogP contribution is -2.38. The quantitative estimate of drug-likeness (QED) is 0.439. The number of thiazole rings is 1. The lowest BCUT2D eigenvalue weighted by Gasteiger charge is -2.30. The largest absolute Gasteiger partial charge is 0.324 e. The highest BCUT2D eigenvalue weighted by atomic mass is 32.1. The first-order valence-electron chi connectivity index (χ1n) is 10.8. The van der Waals surface area contributed by atoms with E-state index in [1.54, 1.807) is 0 Å². The third kappa shape index (κ3) is 4.53. The number of rotatable bonds is 5. The summed E-state index contributed by atoms with van der Waals surface area (Å²) in [7, 11) is 0. The van der Waals surface area contributed by atoms with Crippen LogP contribution in [-0.2, 0) is 4.79 Å². The fourth-order valence-electron chi connectivity index (χ4n) is 4.26. The summed E-state index contributed by atoms with van der Waals surface area (Å²) in [5.41, 5.74) is 4.12. The molecule has 0 radical (unpaired) electrons. The highest BCUT2D eigenvalue weighted by Gasteiger charge is 2.24. The smallest absolute Gasteiger partial charge is 0.238 e. The number of nitrogens with zero attached hydrogens (tertiary/aromatic N) is 2. The number of hydrogen-bond donors (Lipinski definition) is 1. The molecule has 4 nitrogen and oxygen atoms in total. The summed E-state index contributed by atoms with van der Waals surface area (Å²) in [5, 5.41) is 4.36. The number of anilines is 1. The first kappa shape index (κ1) is 19.9. The van der Waals surface area contributed by atoms with Crippen LogP contribution in [0, 0.1) is 0 Å². The number of carbonyl (C=O) groups is 1. The molecule has 2 heterocycles. The zero-order valence-corrected chi connectivity index (χ0v) is 18.1. The molecule has 0 unspecified atom stereocenters. The van der Waals surface area contributed by atoms with E-state index in [2.05, 4.69) is 46.6 Å². The van der Waals surface area contributed by atoms with E-state index in [1.807, 2.05) is 53.8 Å². The van der Waals surface area contributed by atoms with Crippen LogP contribution in [0.2, 0.25) is 0 Å². The predicted octanol–water partition coefficient (Wildman–Crippen LogP) is 5.78. The third-order valence-corrected chi connectivity index (χ3v) is 7.10. The normalized spacial score (nSPS) is 15.2. The Morgan fingerprint density at radius 2 is 1.65 bits per heavy atom. The number of carbonyl (C=O) groups excluding carboxylic acids is 1. The van der Waals surface area contributed by atoms with Gasteiger partial charge in [-0.1, -0.05) is 60.7 Å². The number of hydrogen-bond acceptors (Lipinski definition) is 4. The molecule has 0 atom stereocenters. The van der Waals surface area contributed by atoms with Gasteiger partial charge in [0.25, 0.3) is 0 Å². The summed E-state index contributed by atoms with van der Waals surface area (Å²) < 4.78 is 1.26. The molecule has 1 amide bonds. The number of amides is 1. The van der Waals surface area contributed by atoms with Crippen molar-refractivity contribution in [3.63, 3.8) is 0 Å². The zero-order valence-electron chi connectivity index (χ0n) is 17.3. The number of benzene rings is 3. The molecule has 1 aliphatic heterocycles. The van der Waals surface area contributed by atoms with Crippen LogP contribution in [0.25, 0.3) is 21.3 Å². The SMILES string of the molecule is O=C(CN1CCC(c2nc3ccccc3s2)CC1)Nc1ccccc1-c1ccccc1. The minimum Gasteiger partial charge on any atom is -0.324 e. The van der Waals surface area contributed by atoms with Crippen LogP contribution >= 0.6 is 11.3 Å². The number of para-hydroxylation sites is 2. The van der Waals surface area contributed by atoms with Crippen LogP contribution in [0.1, 0.15) is 23.8 Å². The molecule has 0 aliphatic carbocycles. The third-order valence-electron chi connectivity index (χ3n) is 5.90. The Balaban J connectivity index is 1.19. The van der Waals surface area contributed by atoms with Gasteiger partial charge in [0.1, 0.15) is 0 Å². The van der Waals surface area contributed by atoms with E-state index in [0.717, 1.165) is 48.3 Å². The second kappa shape index (κ2) is 9.00. The van der Waals surface area contributed by atoms with Crippen molar-refractivity contribution >= 4 is 33.1 Å². The molecule has 156 valence electrons. The standard InChI is InChI=1S/C26H25N3OS/c30-25(27-22-11-5-4-10-21(22)19-8-2-1-3-9-19)18-29-16-14-20(15-17-29)26-28-23-12-6-7-13-24(23)31-26/h1-13,20H,14-18H2,(H,27,30). The van der Waals surface area contributed by atoms with E-state index in [0.29, 0.717) is 12.5 Å².